The third-order valence-electron chi connectivity index (χ3n) is 2.18. The Morgan fingerprint density at radius 3 is 3.00 bits per heavy atom. The molecule has 0 saturated heterocycles. The van der Waals surface area contributed by atoms with E-state index in [4.69, 9.17) is 5.73 Å². The summed E-state index contributed by atoms with van der Waals surface area (Å²) in [5, 5.41) is 0. The van der Waals surface area contributed by atoms with Gasteiger partial charge in [-0.3, -0.25) is 4.40 Å². The summed E-state index contributed by atoms with van der Waals surface area (Å²) in [6.07, 6.45) is 3.94. The number of nitrogens with two attached hydrogens (primary N) is 1. The third-order valence-corrected chi connectivity index (χ3v) is 2.65. The van der Waals surface area contributed by atoms with Gasteiger partial charge in [0.05, 0.1) is 5.69 Å². The zero-order chi connectivity index (χ0) is 10.1. The number of pyridine rings is 1. The number of fused-ring (bicyclic) bond motifs is 1. The summed E-state index contributed by atoms with van der Waals surface area (Å²) in [6, 6.07) is 3.93. The van der Waals surface area contributed by atoms with Gasteiger partial charge in [0.15, 0.2) is 0 Å². The first-order valence-electron chi connectivity index (χ1n) is 4.64. The lowest BCUT2D eigenvalue weighted by atomic mass is 10.2. The average Bonchev–Trinajstić information content (AvgIpc) is 2.46. The van der Waals surface area contributed by atoms with Gasteiger partial charge in [0.2, 0.25) is 0 Å². The molecule has 4 heteroatoms. The molecule has 0 radical (unpaired) electrons. The minimum Gasteiger partial charge on any atom is -0.383 e. The van der Waals surface area contributed by atoms with E-state index >= 15 is 0 Å². The van der Waals surface area contributed by atoms with E-state index < -0.39 is 0 Å². The Bertz CT molecular complexity index is 462. The molecule has 0 aliphatic carbocycles. The van der Waals surface area contributed by atoms with E-state index in [1.54, 1.807) is 0 Å². The van der Waals surface area contributed by atoms with Crippen molar-refractivity contribution in [1.82, 2.24) is 9.38 Å². The molecule has 2 aromatic rings. The minimum atomic E-state index is 0.753. The number of halogens is 1. The number of nitrogens with zero attached hydrogens (tertiary/aromatic N) is 2. The maximum absolute atomic E-state index is 5.97. The number of aryl methyl sites for hydroxylation is 1. The van der Waals surface area contributed by atoms with Gasteiger partial charge >= 0.3 is 0 Å². The summed E-state index contributed by atoms with van der Waals surface area (Å²) < 4.78 is 2.92. The predicted octanol–water partition coefficient (Wildman–Crippen LogP) is 2.63. The Labute approximate surface area is 91.1 Å². The van der Waals surface area contributed by atoms with Gasteiger partial charge < -0.3 is 5.73 Å². The molecule has 3 nitrogen and oxygen atoms in total. The van der Waals surface area contributed by atoms with Crippen molar-refractivity contribution in [3.63, 3.8) is 0 Å². The standard InChI is InChI=1S/C10H12BrN3/c1-2-3-8-10(12)14-6-7(11)4-5-9(14)13-8/h4-6H,2-3,12H2,1H3. The average molecular weight is 254 g/mol. The van der Waals surface area contributed by atoms with Crippen molar-refractivity contribution in [3.8, 4) is 0 Å². The predicted molar refractivity (Wildman–Crippen MR) is 61.3 cm³/mol. The second-order valence-electron chi connectivity index (χ2n) is 3.27. The van der Waals surface area contributed by atoms with Crippen molar-refractivity contribution in [3.05, 3.63) is 28.5 Å². The Kier molecular flexibility index (Phi) is 2.46. The van der Waals surface area contributed by atoms with Crippen LogP contribution in [0.2, 0.25) is 0 Å². The van der Waals surface area contributed by atoms with Crippen LogP contribution in [0.15, 0.2) is 22.8 Å². The lowest BCUT2D eigenvalue weighted by molar-refractivity contribution is 0.897. The van der Waals surface area contributed by atoms with Crippen molar-refractivity contribution in [2.75, 3.05) is 5.73 Å². The van der Waals surface area contributed by atoms with E-state index in [2.05, 4.69) is 27.8 Å². The quantitative estimate of drug-likeness (QED) is 0.895. The highest BCUT2D eigenvalue weighted by atomic mass is 79.9. The minimum absolute atomic E-state index is 0.753. The lowest BCUT2D eigenvalue weighted by Crippen LogP contribution is -1.95. The summed E-state index contributed by atoms with van der Waals surface area (Å²) in [7, 11) is 0. The number of aromatic nitrogens is 2. The highest BCUT2D eigenvalue weighted by molar-refractivity contribution is 9.10. The van der Waals surface area contributed by atoms with Crippen LogP contribution in [0.25, 0.3) is 5.65 Å². The maximum Gasteiger partial charge on any atom is 0.138 e. The first kappa shape index (κ1) is 9.52. The zero-order valence-corrected chi connectivity index (χ0v) is 9.58. The first-order valence-corrected chi connectivity index (χ1v) is 5.43. The van der Waals surface area contributed by atoms with Crippen LogP contribution in [0.3, 0.4) is 0 Å². The first-order chi connectivity index (χ1) is 6.72. The second kappa shape index (κ2) is 3.61. The molecule has 0 unspecified atom stereocenters. The van der Waals surface area contributed by atoms with Crippen molar-refractivity contribution in [1.29, 1.82) is 0 Å². The van der Waals surface area contributed by atoms with Crippen LogP contribution in [-0.2, 0) is 6.42 Å². The van der Waals surface area contributed by atoms with Gasteiger partial charge in [-0.25, -0.2) is 4.98 Å². The van der Waals surface area contributed by atoms with Crippen LogP contribution >= 0.6 is 15.9 Å². The summed E-state index contributed by atoms with van der Waals surface area (Å²) in [4.78, 5) is 4.46. The van der Waals surface area contributed by atoms with Crippen LogP contribution < -0.4 is 5.73 Å². The number of rotatable bonds is 2. The van der Waals surface area contributed by atoms with Crippen molar-refractivity contribution in [2.24, 2.45) is 0 Å². The van der Waals surface area contributed by atoms with Crippen molar-refractivity contribution in [2.45, 2.75) is 19.8 Å². The third kappa shape index (κ3) is 1.50. The zero-order valence-electron chi connectivity index (χ0n) is 8.00. The monoisotopic (exact) mass is 253 g/mol. The number of nitrogen functional groups attached to an aromatic ring is 1. The molecule has 0 spiro atoms. The van der Waals surface area contributed by atoms with E-state index in [1.807, 2.05) is 22.7 Å². The van der Waals surface area contributed by atoms with Gasteiger partial charge in [0, 0.05) is 10.7 Å². The second-order valence-corrected chi connectivity index (χ2v) is 4.18. The molecule has 14 heavy (non-hydrogen) atoms. The molecule has 0 atom stereocenters. The van der Waals surface area contributed by atoms with Crippen molar-refractivity contribution >= 4 is 27.4 Å². The molecule has 0 bridgehead atoms. The molecule has 0 aliphatic heterocycles. The van der Waals surface area contributed by atoms with Gasteiger partial charge in [-0.2, -0.15) is 0 Å². The van der Waals surface area contributed by atoms with E-state index in [-0.39, 0.29) is 0 Å². The molecule has 0 fully saturated rings. The molecule has 0 aliphatic rings. The van der Waals surface area contributed by atoms with Crippen LogP contribution in [0.5, 0.6) is 0 Å². The van der Waals surface area contributed by atoms with Gasteiger partial charge in [0.1, 0.15) is 11.5 Å². The number of hydrogen-bond acceptors (Lipinski definition) is 2. The Balaban J connectivity index is 2.62. The molecule has 0 aromatic carbocycles. The topological polar surface area (TPSA) is 43.3 Å². The van der Waals surface area contributed by atoms with Gasteiger partial charge in [-0.1, -0.05) is 13.3 Å². The molecule has 0 amide bonds. The lowest BCUT2D eigenvalue weighted by Gasteiger charge is -1.97. The Morgan fingerprint density at radius 2 is 2.29 bits per heavy atom. The molecule has 2 aromatic heterocycles. The molecule has 2 rings (SSSR count). The smallest absolute Gasteiger partial charge is 0.138 e. The highest BCUT2D eigenvalue weighted by Crippen LogP contribution is 2.19. The molecule has 2 heterocycles. The van der Waals surface area contributed by atoms with E-state index in [9.17, 15) is 0 Å². The summed E-state index contributed by atoms with van der Waals surface area (Å²) in [5.41, 5.74) is 7.88. The molecular weight excluding hydrogens is 242 g/mol. The molecule has 74 valence electrons. The summed E-state index contributed by atoms with van der Waals surface area (Å²) in [5.74, 6) is 0.753. The van der Waals surface area contributed by atoms with Crippen LogP contribution in [0.1, 0.15) is 19.0 Å². The van der Waals surface area contributed by atoms with E-state index in [1.165, 1.54) is 0 Å². The number of hydrogen-bond donors (Lipinski definition) is 1. The Morgan fingerprint density at radius 1 is 1.50 bits per heavy atom. The fourth-order valence-electron chi connectivity index (χ4n) is 1.51. The molecule has 2 N–H and O–H groups in total. The van der Waals surface area contributed by atoms with E-state index in [0.717, 1.165) is 34.5 Å². The fourth-order valence-corrected chi connectivity index (χ4v) is 1.84. The van der Waals surface area contributed by atoms with Crippen LogP contribution in [0.4, 0.5) is 5.82 Å². The van der Waals surface area contributed by atoms with Crippen LogP contribution in [-0.4, -0.2) is 9.38 Å². The van der Waals surface area contributed by atoms with Crippen LogP contribution in [0, 0.1) is 0 Å². The highest BCUT2D eigenvalue weighted by Gasteiger charge is 2.07. The summed E-state index contributed by atoms with van der Waals surface area (Å²) in [6.45, 7) is 2.12. The van der Waals surface area contributed by atoms with Gasteiger partial charge in [-0.05, 0) is 34.5 Å². The van der Waals surface area contributed by atoms with Crippen molar-refractivity contribution < 1.29 is 0 Å². The fraction of sp³-hybridized carbons (Fsp3) is 0.300. The SMILES string of the molecule is CCCc1nc2ccc(Br)cn2c1N. The normalized spacial score (nSPS) is 11.0. The van der Waals surface area contributed by atoms with Gasteiger partial charge in [0.25, 0.3) is 0 Å². The molecule has 0 saturated carbocycles. The van der Waals surface area contributed by atoms with Gasteiger partial charge in [-0.15, -0.1) is 0 Å². The number of anilines is 1. The summed E-state index contributed by atoms with van der Waals surface area (Å²) >= 11 is 3.41. The van der Waals surface area contributed by atoms with E-state index in [0.29, 0.717) is 0 Å². The number of imidazole rings is 1. The largest absolute Gasteiger partial charge is 0.383 e. The Hall–Kier alpha value is -1.03. The maximum atomic E-state index is 5.97. The molecular formula is C10H12BrN3.